The summed E-state index contributed by atoms with van der Waals surface area (Å²) < 4.78 is 20.9. The van der Waals surface area contributed by atoms with Gasteiger partial charge < -0.3 is 14.7 Å². The first-order valence-electron chi connectivity index (χ1n) is 14.0. The second kappa shape index (κ2) is 13.7. The van der Waals surface area contributed by atoms with Gasteiger partial charge in [-0.1, -0.05) is 29.8 Å². The first kappa shape index (κ1) is 28.0. The Balaban J connectivity index is 1.31. The number of aliphatic carboxylic acids is 1. The van der Waals surface area contributed by atoms with Crippen molar-refractivity contribution in [3.8, 4) is 5.75 Å². The highest BCUT2D eigenvalue weighted by atomic mass is 19.1. The van der Waals surface area contributed by atoms with Gasteiger partial charge in [0, 0.05) is 24.5 Å². The molecule has 3 atom stereocenters. The minimum Gasteiger partial charge on any atom is -0.497 e. The second-order valence-electron chi connectivity index (χ2n) is 10.8. The number of methoxy groups -OCH3 is 1. The SMILES string of the molecule is COc1ccc2nccc([C@H](F)CC[C@@H]3CCN(CCCCc4ccc(C)cc4)C[C@H]3CCC(=O)O)c2c1. The molecule has 0 aliphatic carbocycles. The van der Waals surface area contributed by atoms with Crippen LogP contribution < -0.4 is 4.74 Å². The highest BCUT2D eigenvalue weighted by Gasteiger charge is 2.30. The lowest BCUT2D eigenvalue weighted by atomic mass is 9.79. The molecule has 0 unspecified atom stereocenters. The topological polar surface area (TPSA) is 62.7 Å². The van der Waals surface area contributed by atoms with Crippen LogP contribution >= 0.6 is 0 Å². The number of unbranched alkanes of at least 4 members (excludes halogenated alkanes) is 1. The molecule has 6 heteroatoms. The maximum Gasteiger partial charge on any atom is 0.303 e. The van der Waals surface area contributed by atoms with E-state index in [9.17, 15) is 9.90 Å². The molecule has 1 aromatic heterocycles. The first-order chi connectivity index (χ1) is 18.4. The predicted octanol–water partition coefficient (Wildman–Crippen LogP) is 7.17. The molecule has 38 heavy (non-hydrogen) atoms. The molecule has 1 saturated heterocycles. The molecule has 0 spiro atoms. The molecule has 2 aromatic carbocycles. The molecule has 1 aliphatic heterocycles. The third kappa shape index (κ3) is 7.76. The number of likely N-dealkylation sites (tertiary alicyclic amines) is 1. The van der Waals surface area contributed by atoms with Gasteiger partial charge in [-0.3, -0.25) is 9.78 Å². The summed E-state index contributed by atoms with van der Waals surface area (Å²) in [6, 6.07) is 16.1. The number of carboxylic acid groups (broad SMARTS) is 1. The maximum atomic E-state index is 15.6. The molecular weight excluding hydrogens is 479 g/mol. The summed E-state index contributed by atoms with van der Waals surface area (Å²) in [5, 5.41) is 10.1. The third-order valence-corrected chi connectivity index (χ3v) is 8.13. The summed E-state index contributed by atoms with van der Waals surface area (Å²) in [5.74, 6) is 0.580. The van der Waals surface area contributed by atoms with E-state index in [1.54, 1.807) is 19.4 Å². The highest BCUT2D eigenvalue weighted by molar-refractivity contribution is 5.83. The Labute approximate surface area is 226 Å². The first-order valence-corrected chi connectivity index (χ1v) is 14.0. The number of pyridine rings is 1. The van der Waals surface area contributed by atoms with Crippen molar-refractivity contribution in [3.05, 3.63) is 71.4 Å². The number of ether oxygens (including phenoxy) is 1. The molecule has 1 N–H and O–H groups in total. The van der Waals surface area contributed by atoms with Gasteiger partial charge in [-0.15, -0.1) is 0 Å². The van der Waals surface area contributed by atoms with Crippen LogP contribution in [0.3, 0.4) is 0 Å². The fourth-order valence-electron chi connectivity index (χ4n) is 5.86. The van der Waals surface area contributed by atoms with Crippen molar-refractivity contribution in [2.45, 2.75) is 64.5 Å². The summed E-state index contributed by atoms with van der Waals surface area (Å²) in [5.41, 5.74) is 4.09. The van der Waals surface area contributed by atoms with Crippen LogP contribution in [0.25, 0.3) is 10.9 Å². The van der Waals surface area contributed by atoms with Crippen LogP contribution in [-0.4, -0.2) is 47.7 Å². The molecule has 1 aliphatic rings. The molecular formula is C32H41FN2O3. The predicted molar refractivity (Wildman–Crippen MR) is 150 cm³/mol. The highest BCUT2D eigenvalue weighted by Crippen LogP contribution is 2.36. The van der Waals surface area contributed by atoms with Gasteiger partial charge >= 0.3 is 5.97 Å². The van der Waals surface area contributed by atoms with Crippen molar-refractivity contribution in [2.75, 3.05) is 26.7 Å². The van der Waals surface area contributed by atoms with E-state index in [-0.39, 0.29) is 6.42 Å². The smallest absolute Gasteiger partial charge is 0.303 e. The van der Waals surface area contributed by atoms with Crippen molar-refractivity contribution in [1.29, 1.82) is 0 Å². The molecule has 0 bridgehead atoms. The number of aromatic nitrogens is 1. The molecule has 5 nitrogen and oxygen atoms in total. The van der Waals surface area contributed by atoms with Crippen molar-refractivity contribution >= 4 is 16.9 Å². The van der Waals surface area contributed by atoms with Crippen LogP contribution in [0.2, 0.25) is 0 Å². The van der Waals surface area contributed by atoms with Crippen molar-refractivity contribution in [2.24, 2.45) is 11.8 Å². The van der Waals surface area contributed by atoms with Crippen LogP contribution in [0.4, 0.5) is 4.39 Å². The monoisotopic (exact) mass is 520 g/mol. The molecule has 0 saturated carbocycles. The molecule has 0 radical (unpaired) electrons. The summed E-state index contributed by atoms with van der Waals surface area (Å²) in [6.45, 7) is 5.07. The minimum absolute atomic E-state index is 0.177. The summed E-state index contributed by atoms with van der Waals surface area (Å²) in [4.78, 5) is 18.2. The van der Waals surface area contributed by atoms with E-state index < -0.39 is 12.1 Å². The number of carboxylic acids is 1. The largest absolute Gasteiger partial charge is 0.497 e. The Kier molecular flexibility index (Phi) is 10.1. The fourth-order valence-corrected chi connectivity index (χ4v) is 5.86. The fraction of sp³-hybridized carbons (Fsp3) is 0.500. The Hall–Kier alpha value is -2.99. The number of carbonyl (C=O) groups is 1. The number of hydrogen-bond donors (Lipinski definition) is 1. The summed E-state index contributed by atoms with van der Waals surface area (Å²) >= 11 is 0. The van der Waals surface area contributed by atoms with Crippen LogP contribution in [0.1, 0.15) is 67.8 Å². The van der Waals surface area contributed by atoms with Crippen molar-refractivity contribution in [1.82, 2.24) is 9.88 Å². The number of piperidine rings is 1. The van der Waals surface area contributed by atoms with Crippen LogP contribution in [0.15, 0.2) is 54.7 Å². The van der Waals surface area contributed by atoms with Crippen LogP contribution in [0, 0.1) is 18.8 Å². The number of halogens is 1. The molecule has 204 valence electrons. The summed E-state index contributed by atoms with van der Waals surface area (Å²) in [7, 11) is 1.61. The van der Waals surface area contributed by atoms with E-state index in [2.05, 4.69) is 41.1 Å². The Bertz CT molecular complexity index is 1180. The zero-order valence-electron chi connectivity index (χ0n) is 22.7. The number of aryl methyl sites for hydroxylation is 2. The Morgan fingerprint density at radius 3 is 2.71 bits per heavy atom. The zero-order valence-corrected chi connectivity index (χ0v) is 22.7. The van der Waals surface area contributed by atoms with E-state index >= 15 is 4.39 Å². The number of rotatable bonds is 13. The molecule has 4 rings (SSSR count). The number of benzene rings is 2. The van der Waals surface area contributed by atoms with Crippen LogP contribution in [0.5, 0.6) is 5.75 Å². The van der Waals surface area contributed by atoms with Crippen molar-refractivity contribution in [3.63, 3.8) is 0 Å². The lowest BCUT2D eigenvalue weighted by molar-refractivity contribution is -0.137. The Morgan fingerprint density at radius 1 is 1.13 bits per heavy atom. The Morgan fingerprint density at radius 2 is 1.95 bits per heavy atom. The molecule has 1 fully saturated rings. The standard InChI is InChI=1S/C32H41FN2O3/c1-23-6-8-24(9-7-23)5-3-4-19-35-20-17-25(26(22-35)11-15-32(36)37)10-13-30(33)28-16-18-34-31-14-12-27(38-2)21-29(28)31/h6-9,12,14,16,18,21,25-26,30H,3-5,10-11,13,15,17,19-20,22H2,1-2H3,(H,36,37)/t25-,26-,30-/m1/s1. The van der Waals surface area contributed by atoms with Crippen LogP contribution in [-0.2, 0) is 11.2 Å². The van der Waals surface area contributed by atoms with Gasteiger partial charge in [0.05, 0.1) is 12.6 Å². The minimum atomic E-state index is -1.09. The van der Waals surface area contributed by atoms with Gasteiger partial charge in [-0.2, -0.15) is 0 Å². The number of hydrogen-bond acceptors (Lipinski definition) is 4. The molecule has 2 heterocycles. The third-order valence-electron chi connectivity index (χ3n) is 8.13. The molecule has 3 aromatic rings. The lowest BCUT2D eigenvalue weighted by Crippen LogP contribution is -2.41. The second-order valence-corrected chi connectivity index (χ2v) is 10.8. The lowest BCUT2D eigenvalue weighted by Gasteiger charge is -2.39. The van der Waals surface area contributed by atoms with Gasteiger partial charge in [0.25, 0.3) is 0 Å². The van der Waals surface area contributed by atoms with E-state index in [0.717, 1.165) is 62.6 Å². The average Bonchev–Trinajstić information content (AvgIpc) is 2.93. The van der Waals surface area contributed by atoms with Gasteiger partial charge in [0.15, 0.2) is 0 Å². The number of alkyl halides is 1. The van der Waals surface area contributed by atoms with E-state index in [4.69, 9.17) is 4.74 Å². The van der Waals surface area contributed by atoms with Gasteiger partial charge in [-0.05, 0) is 112 Å². The maximum absolute atomic E-state index is 15.6. The summed E-state index contributed by atoms with van der Waals surface area (Å²) in [6.07, 6.45) is 6.99. The zero-order chi connectivity index (χ0) is 26.9. The quantitative estimate of drug-likeness (QED) is 0.242. The van der Waals surface area contributed by atoms with Crippen molar-refractivity contribution < 1.29 is 19.0 Å². The van der Waals surface area contributed by atoms with E-state index in [1.165, 1.54) is 11.1 Å². The van der Waals surface area contributed by atoms with Gasteiger partial charge in [0.1, 0.15) is 11.9 Å². The van der Waals surface area contributed by atoms with E-state index in [0.29, 0.717) is 36.0 Å². The molecule has 0 amide bonds. The van der Waals surface area contributed by atoms with E-state index in [1.807, 2.05) is 18.2 Å². The normalized spacial score (nSPS) is 18.9. The average molecular weight is 521 g/mol. The number of fused-ring (bicyclic) bond motifs is 1. The van der Waals surface area contributed by atoms with Gasteiger partial charge in [-0.25, -0.2) is 4.39 Å². The van der Waals surface area contributed by atoms with Gasteiger partial charge in [0.2, 0.25) is 0 Å². The number of nitrogens with zero attached hydrogens (tertiary/aromatic N) is 2.